The molecule has 0 aliphatic rings. The van der Waals surface area contributed by atoms with Crippen molar-refractivity contribution in [2.75, 3.05) is 0 Å². The lowest BCUT2D eigenvalue weighted by Gasteiger charge is -2.12. The Morgan fingerprint density at radius 1 is 0.500 bits per heavy atom. The Labute approximate surface area is 285 Å². The van der Waals surface area contributed by atoms with Gasteiger partial charge in [0.2, 0.25) is 5.95 Å². The van der Waals surface area contributed by atoms with E-state index >= 15 is 0 Å². The molecular weight excluding hydrogens is 605 g/mol. The zero-order valence-electron chi connectivity index (χ0n) is 29.4. The average molecular weight is 635 g/mol. The molecule has 0 N–H and O–H groups in total. The third kappa shape index (κ3) is 4.11. The van der Waals surface area contributed by atoms with E-state index < -0.39 is 0 Å². The lowest BCUT2D eigenvalue weighted by atomic mass is 9.97. The average Bonchev–Trinajstić information content (AvgIpc) is 3.77. The Bertz CT molecular complexity index is 2990. The van der Waals surface area contributed by atoms with Crippen LogP contribution in [0.3, 0.4) is 0 Å². The maximum Gasteiger partial charge on any atom is 0.238 e. The Morgan fingerprint density at radius 2 is 1.08 bits per heavy atom. The van der Waals surface area contributed by atoms with Gasteiger partial charge in [-0.2, -0.15) is 9.97 Å². The maximum atomic E-state index is 9.35. The molecule has 0 fully saturated rings. The van der Waals surface area contributed by atoms with Crippen LogP contribution < -0.4 is 0 Å². The van der Waals surface area contributed by atoms with Crippen LogP contribution in [0.25, 0.3) is 92.6 Å². The first-order chi connectivity index (χ1) is 25.5. The molecule has 0 radical (unpaired) electrons. The van der Waals surface area contributed by atoms with E-state index in [0.717, 1.165) is 64.1 Å². The summed E-state index contributed by atoms with van der Waals surface area (Å²) in [6.07, 6.45) is 0. The number of nitrogens with zero attached hydrogens (tertiary/aromatic N) is 4. The number of fused-ring (bicyclic) bond motifs is 10. The van der Waals surface area contributed by atoms with E-state index in [2.05, 4.69) is 36.4 Å². The molecule has 0 spiro atoms. The summed E-state index contributed by atoms with van der Waals surface area (Å²) in [5.74, 6) is 1.19. The van der Waals surface area contributed by atoms with Gasteiger partial charge in [-0.3, -0.25) is 4.57 Å². The Kier molecular flexibility index (Phi) is 5.17. The van der Waals surface area contributed by atoms with Crippen molar-refractivity contribution in [3.8, 4) is 39.9 Å². The number of hydrogen-bond acceptors (Lipinski definition) is 4. The molecule has 0 saturated heterocycles. The van der Waals surface area contributed by atoms with Gasteiger partial charge in [-0.15, -0.1) is 11.3 Å². The molecule has 0 aliphatic carbocycles. The van der Waals surface area contributed by atoms with Crippen molar-refractivity contribution in [3.63, 3.8) is 0 Å². The summed E-state index contributed by atoms with van der Waals surface area (Å²) in [6.45, 7) is 0. The summed E-state index contributed by atoms with van der Waals surface area (Å²) in [5.41, 5.74) is 4.90. The summed E-state index contributed by atoms with van der Waals surface area (Å²) in [7, 11) is 0. The standard InChI is InChI=1S/C43H26N4S/c1-4-14-27(15-5-1)30-24-25-36-34(26-30)38-32-21-11-10-20-31(32)37-33-22-12-13-23-35(33)47(39(37)40(38)48-36)43-45-41(28-16-6-2-7-17-28)44-42(46-43)29-18-8-3-9-19-29/h1-26H/i12D,13D,22D,23D. The zero-order valence-corrected chi connectivity index (χ0v) is 26.2. The monoisotopic (exact) mass is 634 g/mol. The minimum absolute atomic E-state index is 0.0997. The molecule has 3 heterocycles. The van der Waals surface area contributed by atoms with Crippen molar-refractivity contribution < 1.29 is 5.48 Å². The van der Waals surface area contributed by atoms with Gasteiger partial charge < -0.3 is 0 Å². The minimum Gasteiger partial charge on any atom is -0.276 e. The molecule has 0 aliphatic heterocycles. The lowest BCUT2D eigenvalue weighted by Crippen LogP contribution is -2.06. The Morgan fingerprint density at radius 3 is 1.75 bits per heavy atom. The van der Waals surface area contributed by atoms with Gasteiger partial charge in [0.15, 0.2) is 11.6 Å². The van der Waals surface area contributed by atoms with Gasteiger partial charge in [-0.1, -0.05) is 139 Å². The highest BCUT2D eigenvalue weighted by molar-refractivity contribution is 7.27. The molecule has 10 rings (SSSR count). The van der Waals surface area contributed by atoms with Crippen molar-refractivity contribution in [3.05, 3.63) is 158 Å². The number of rotatable bonds is 4. The topological polar surface area (TPSA) is 43.6 Å². The number of para-hydroxylation sites is 1. The molecule has 7 aromatic carbocycles. The molecule has 0 atom stereocenters. The summed E-state index contributed by atoms with van der Waals surface area (Å²) in [5, 5.41) is 5.23. The van der Waals surface area contributed by atoms with Crippen LogP contribution in [0.2, 0.25) is 0 Å². The molecule has 224 valence electrons. The fraction of sp³-hybridized carbons (Fsp3) is 0. The molecule has 3 aromatic heterocycles. The second-order valence-corrected chi connectivity index (χ2v) is 12.8. The SMILES string of the molecule is [2H]c1c([2H])c([2H])c2c(c1[2H])c1c3ccccc3c3c4cc(-c5ccccc5)ccc4sc3c1n2-c1nc(-c2ccccc2)nc(-c2ccccc2)n1. The summed E-state index contributed by atoms with van der Waals surface area (Å²) in [6, 6.07) is 43.7. The molecule has 5 heteroatoms. The van der Waals surface area contributed by atoms with Crippen molar-refractivity contribution >= 4 is 64.1 Å². The predicted octanol–water partition coefficient (Wildman–Crippen LogP) is 11.5. The number of hydrogen-bond donors (Lipinski definition) is 0. The van der Waals surface area contributed by atoms with E-state index in [-0.39, 0.29) is 30.1 Å². The first kappa shape index (κ1) is 23.2. The lowest BCUT2D eigenvalue weighted by molar-refractivity contribution is 0.955. The molecule has 0 bridgehead atoms. The van der Waals surface area contributed by atoms with Crippen LogP contribution in [0.4, 0.5) is 0 Å². The first-order valence-corrected chi connectivity index (χ1v) is 16.5. The number of benzene rings is 7. The van der Waals surface area contributed by atoms with Gasteiger partial charge in [0.25, 0.3) is 0 Å². The van der Waals surface area contributed by atoms with E-state index in [1.807, 2.05) is 102 Å². The van der Waals surface area contributed by atoms with E-state index in [1.165, 1.54) is 0 Å². The molecule has 0 saturated carbocycles. The normalized spacial score (nSPS) is 12.9. The molecule has 10 aromatic rings. The summed E-state index contributed by atoms with van der Waals surface area (Å²) in [4.78, 5) is 15.1. The third-order valence-electron chi connectivity index (χ3n) is 8.97. The molecule has 0 amide bonds. The van der Waals surface area contributed by atoms with Gasteiger partial charge in [0, 0.05) is 37.4 Å². The summed E-state index contributed by atoms with van der Waals surface area (Å²) >= 11 is 1.65. The minimum atomic E-state index is -0.313. The van der Waals surface area contributed by atoms with E-state index in [1.54, 1.807) is 11.3 Å². The van der Waals surface area contributed by atoms with E-state index in [4.69, 9.17) is 17.7 Å². The van der Waals surface area contributed by atoms with Crippen LogP contribution in [0.5, 0.6) is 0 Å². The van der Waals surface area contributed by atoms with Crippen LogP contribution in [0, 0.1) is 0 Å². The van der Waals surface area contributed by atoms with Crippen LogP contribution in [0.15, 0.2) is 158 Å². The van der Waals surface area contributed by atoms with Gasteiger partial charge in [-0.25, -0.2) is 4.98 Å². The molecule has 0 unspecified atom stereocenters. The van der Waals surface area contributed by atoms with Gasteiger partial charge in [-0.05, 0) is 40.1 Å². The molecule has 4 nitrogen and oxygen atoms in total. The van der Waals surface area contributed by atoms with Crippen LogP contribution in [-0.2, 0) is 0 Å². The Hall–Kier alpha value is -6.17. The fourth-order valence-electron chi connectivity index (χ4n) is 6.83. The van der Waals surface area contributed by atoms with Crippen molar-refractivity contribution in [2.24, 2.45) is 0 Å². The maximum absolute atomic E-state index is 9.35. The van der Waals surface area contributed by atoms with E-state index in [0.29, 0.717) is 22.6 Å². The fourth-order valence-corrected chi connectivity index (χ4v) is 8.07. The molecule has 48 heavy (non-hydrogen) atoms. The zero-order chi connectivity index (χ0) is 35.1. The highest BCUT2D eigenvalue weighted by atomic mass is 32.1. The van der Waals surface area contributed by atoms with Gasteiger partial charge in [0.1, 0.15) is 0 Å². The summed E-state index contributed by atoms with van der Waals surface area (Å²) < 4.78 is 40.1. The van der Waals surface area contributed by atoms with Gasteiger partial charge in [0.05, 0.1) is 21.2 Å². The highest BCUT2D eigenvalue weighted by Crippen LogP contribution is 2.48. The Balaban J connectivity index is 1.43. The van der Waals surface area contributed by atoms with E-state index in [9.17, 15) is 2.74 Å². The van der Waals surface area contributed by atoms with Crippen LogP contribution >= 0.6 is 11.3 Å². The largest absolute Gasteiger partial charge is 0.276 e. The van der Waals surface area contributed by atoms with Crippen molar-refractivity contribution in [1.29, 1.82) is 0 Å². The second-order valence-electron chi connectivity index (χ2n) is 11.7. The predicted molar refractivity (Wildman–Crippen MR) is 201 cm³/mol. The number of aromatic nitrogens is 4. The van der Waals surface area contributed by atoms with Crippen LogP contribution in [-0.4, -0.2) is 19.5 Å². The third-order valence-corrected chi connectivity index (χ3v) is 10.1. The van der Waals surface area contributed by atoms with Crippen molar-refractivity contribution in [2.45, 2.75) is 0 Å². The second kappa shape index (κ2) is 10.7. The molecular formula is C43H26N4S. The first-order valence-electron chi connectivity index (χ1n) is 17.7. The highest BCUT2D eigenvalue weighted by Gasteiger charge is 2.24. The van der Waals surface area contributed by atoms with Gasteiger partial charge >= 0.3 is 0 Å². The van der Waals surface area contributed by atoms with Crippen molar-refractivity contribution in [1.82, 2.24) is 19.5 Å². The quantitative estimate of drug-likeness (QED) is 0.193. The van der Waals surface area contributed by atoms with Crippen LogP contribution in [0.1, 0.15) is 5.48 Å². The number of thiophene rings is 1. The smallest absolute Gasteiger partial charge is 0.238 e.